The van der Waals surface area contributed by atoms with E-state index in [0.717, 1.165) is 58.4 Å². The van der Waals surface area contributed by atoms with Gasteiger partial charge in [-0.05, 0) is 45.1 Å². The van der Waals surface area contributed by atoms with Crippen molar-refractivity contribution >= 4 is 5.97 Å². The maximum Gasteiger partial charge on any atom is 0.326 e. The third kappa shape index (κ3) is 3.76. The lowest BCUT2D eigenvalue weighted by molar-refractivity contribution is -0.151. The molecule has 1 saturated carbocycles. The van der Waals surface area contributed by atoms with Crippen molar-refractivity contribution in [1.29, 1.82) is 0 Å². The van der Waals surface area contributed by atoms with Crippen molar-refractivity contribution in [2.24, 2.45) is 11.7 Å². The zero-order valence-electron chi connectivity index (χ0n) is 13.5. The van der Waals surface area contributed by atoms with Crippen LogP contribution in [0.15, 0.2) is 0 Å². The van der Waals surface area contributed by atoms with Gasteiger partial charge in [0.05, 0.1) is 19.8 Å². The molecule has 1 heterocycles. The van der Waals surface area contributed by atoms with Crippen LogP contribution in [0.3, 0.4) is 0 Å². The quantitative estimate of drug-likeness (QED) is 0.754. The molecule has 0 radical (unpaired) electrons. The Morgan fingerprint density at radius 2 is 2.29 bits per heavy atom. The van der Waals surface area contributed by atoms with Gasteiger partial charge in [-0.1, -0.05) is 13.3 Å². The van der Waals surface area contributed by atoms with Crippen LogP contribution >= 0.6 is 0 Å². The van der Waals surface area contributed by atoms with E-state index in [-0.39, 0.29) is 11.9 Å². The number of nitrogens with two attached hydrogens (primary N) is 1. The Balaban J connectivity index is 1.90. The highest BCUT2D eigenvalue weighted by molar-refractivity contribution is 5.81. The predicted octanol–water partition coefficient (Wildman–Crippen LogP) is 1.55. The fourth-order valence-electron chi connectivity index (χ4n) is 3.72. The molecule has 122 valence electrons. The minimum absolute atomic E-state index is 0.207. The van der Waals surface area contributed by atoms with E-state index in [0.29, 0.717) is 12.6 Å². The molecule has 0 amide bonds. The standard InChI is InChI=1S/C16H30N2O3/c1-3-14-12-20-11-10-18(14)9-7-13-6-5-8-16(13,17)15(19)21-4-2/h13-14H,3-12,17H2,1-2H3. The van der Waals surface area contributed by atoms with Crippen molar-refractivity contribution < 1.29 is 14.3 Å². The monoisotopic (exact) mass is 298 g/mol. The summed E-state index contributed by atoms with van der Waals surface area (Å²) in [5.74, 6) is 0.0402. The van der Waals surface area contributed by atoms with E-state index in [2.05, 4.69) is 11.8 Å². The molecule has 2 N–H and O–H groups in total. The van der Waals surface area contributed by atoms with Gasteiger partial charge in [0.25, 0.3) is 0 Å². The number of ether oxygens (including phenoxy) is 2. The number of hydrogen-bond acceptors (Lipinski definition) is 5. The first-order chi connectivity index (χ1) is 10.1. The second-order valence-corrected chi connectivity index (χ2v) is 6.31. The van der Waals surface area contributed by atoms with Crippen molar-refractivity contribution in [2.75, 3.05) is 32.9 Å². The van der Waals surface area contributed by atoms with Crippen molar-refractivity contribution in [3.05, 3.63) is 0 Å². The van der Waals surface area contributed by atoms with Gasteiger partial charge in [-0.15, -0.1) is 0 Å². The molecule has 2 rings (SSSR count). The first-order valence-electron chi connectivity index (χ1n) is 8.39. The molecule has 3 atom stereocenters. The topological polar surface area (TPSA) is 64.8 Å². The zero-order valence-corrected chi connectivity index (χ0v) is 13.5. The molecule has 5 heteroatoms. The summed E-state index contributed by atoms with van der Waals surface area (Å²) in [4.78, 5) is 14.7. The van der Waals surface area contributed by atoms with Crippen LogP contribution in [0.1, 0.15) is 46.0 Å². The third-order valence-electron chi connectivity index (χ3n) is 5.11. The first kappa shape index (κ1) is 16.7. The molecule has 3 unspecified atom stereocenters. The van der Waals surface area contributed by atoms with Gasteiger partial charge in [-0.3, -0.25) is 9.69 Å². The van der Waals surface area contributed by atoms with E-state index in [1.54, 1.807) is 0 Å². The van der Waals surface area contributed by atoms with Gasteiger partial charge in [0, 0.05) is 12.6 Å². The van der Waals surface area contributed by atoms with E-state index in [4.69, 9.17) is 15.2 Å². The number of nitrogens with zero attached hydrogens (tertiary/aromatic N) is 1. The summed E-state index contributed by atoms with van der Waals surface area (Å²) in [5.41, 5.74) is 5.64. The molecule has 0 aromatic heterocycles. The van der Waals surface area contributed by atoms with Crippen molar-refractivity contribution in [2.45, 2.75) is 57.5 Å². The van der Waals surface area contributed by atoms with Gasteiger partial charge in [0.15, 0.2) is 0 Å². The van der Waals surface area contributed by atoms with Gasteiger partial charge in [0.1, 0.15) is 5.54 Å². The van der Waals surface area contributed by atoms with Crippen LogP contribution in [-0.2, 0) is 14.3 Å². The highest BCUT2D eigenvalue weighted by Crippen LogP contribution is 2.37. The summed E-state index contributed by atoms with van der Waals surface area (Å²) in [6.45, 7) is 8.08. The summed E-state index contributed by atoms with van der Waals surface area (Å²) >= 11 is 0. The lowest BCUT2D eigenvalue weighted by atomic mass is 9.85. The van der Waals surface area contributed by atoms with E-state index in [1.165, 1.54) is 0 Å². The lowest BCUT2D eigenvalue weighted by Gasteiger charge is -2.37. The highest BCUT2D eigenvalue weighted by Gasteiger charge is 2.46. The summed E-state index contributed by atoms with van der Waals surface area (Å²) in [7, 11) is 0. The number of hydrogen-bond donors (Lipinski definition) is 1. The Morgan fingerprint density at radius 1 is 1.48 bits per heavy atom. The van der Waals surface area contributed by atoms with Crippen molar-refractivity contribution in [3.63, 3.8) is 0 Å². The fourth-order valence-corrected chi connectivity index (χ4v) is 3.72. The molecule has 2 fully saturated rings. The molecule has 0 aromatic carbocycles. The van der Waals surface area contributed by atoms with Gasteiger partial charge >= 0.3 is 5.97 Å². The molecule has 1 saturated heterocycles. The van der Waals surface area contributed by atoms with Crippen LogP contribution in [-0.4, -0.2) is 55.4 Å². The fraction of sp³-hybridized carbons (Fsp3) is 0.938. The second kappa shape index (κ2) is 7.56. The van der Waals surface area contributed by atoms with Gasteiger partial charge in [-0.25, -0.2) is 0 Å². The summed E-state index contributed by atoms with van der Waals surface area (Å²) in [5, 5.41) is 0. The maximum atomic E-state index is 12.2. The van der Waals surface area contributed by atoms with Crippen LogP contribution in [0.2, 0.25) is 0 Å². The molecule has 0 aromatic rings. The van der Waals surface area contributed by atoms with Crippen LogP contribution in [0.25, 0.3) is 0 Å². The number of carbonyl (C=O) groups excluding carboxylic acids is 1. The summed E-state index contributed by atoms with van der Waals surface area (Å²) < 4.78 is 10.7. The number of rotatable bonds is 6. The highest BCUT2D eigenvalue weighted by atomic mass is 16.5. The first-order valence-corrected chi connectivity index (χ1v) is 8.39. The molecule has 0 spiro atoms. The minimum atomic E-state index is -0.760. The number of carbonyl (C=O) groups is 1. The van der Waals surface area contributed by atoms with Crippen LogP contribution in [0, 0.1) is 5.92 Å². The molecule has 0 bridgehead atoms. The number of morpholine rings is 1. The van der Waals surface area contributed by atoms with E-state index in [9.17, 15) is 4.79 Å². The average molecular weight is 298 g/mol. The molecular formula is C16H30N2O3. The molecule has 21 heavy (non-hydrogen) atoms. The Labute approximate surface area is 128 Å². The van der Waals surface area contributed by atoms with E-state index >= 15 is 0 Å². The molecule has 5 nitrogen and oxygen atoms in total. The summed E-state index contributed by atoms with van der Waals surface area (Å²) in [6.07, 6.45) is 4.91. The Kier molecular flexibility index (Phi) is 6.02. The largest absolute Gasteiger partial charge is 0.465 e. The van der Waals surface area contributed by atoms with Crippen molar-refractivity contribution in [3.8, 4) is 0 Å². The maximum absolute atomic E-state index is 12.2. The predicted molar refractivity (Wildman–Crippen MR) is 82.0 cm³/mol. The van der Waals surface area contributed by atoms with Crippen molar-refractivity contribution in [1.82, 2.24) is 4.90 Å². The van der Waals surface area contributed by atoms with Gasteiger partial charge in [0.2, 0.25) is 0 Å². The normalized spacial score (nSPS) is 34.0. The Bertz CT molecular complexity index is 350. The minimum Gasteiger partial charge on any atom is -0.465 e. The molecular weight excluding hydrogens is 268 g/mol. The second-order valence-electron chi connectivity index (χ2n) is 6.31. The van der Waals surface area contributed by atoms with Gasteiger partial charge < -0.3 is 15.2 Å². The Morgan fingerprint density at radius 3 is 3.00 bits per heavy atom. The van der Waals surface area contributed by atoms with E-state index in [1.807, 2.05) is 6.92 Å². The molecule has 1 aliphatic carbocycles. The summed E-state index contributed by atoms with van der Waals surface area (Å²) in [6, 6.07) is 0.509. The van der Waals surface area contributed by atoms with Crippen LogP contribution in [0.5, 0.6) is 0 Å². The van der Waals surface area contributed by atoms with Crippen LogP contribution in [0.4, 0.5) is 0 Å². The third-order valence-corrected chi connectivity index (χ3v) is 5.11. The van der Waals surface area contributed by atoms with Gasteiger partial charge in [-0.2, -0.15) is 0 Å². The smallest absolute Gasteiger partial charge is 0.326 e. The zero-order chi connectivity index (χ0) is 15.3. The van der Waals surface area contributed by atoms with E-state index < -0.39 is 5.54 Å². The SMILES string of the molecule is CCOC(=O)C1(N)CCCC1CCN1CCOCC1CC. The molecule has 2 aliphatic rings. The lowest BCUT2D eigenvalue weighted by Crippen LogP contribution is -2.53. The molecule has 1 aliphatic heterocycles. The van der Waals surface area contributed by atoms with Crippen LogP contribution < -0.4 is 5.73 Å². The Hall–Kier alpha value is -0.650. The average Bonchev–Trinajstić information content (AvgIpc) is 2.88. The number of esters is 1.